The van der Waals surface area contributed by atoms with Gasteiger partial charge >= 0.3 is 0 Å². The molecule has 0 radical (unpaired) electrons. The van der Waals surface area contributed by atoms with Crippen molar-refractivity contribution in [2.45, 2.75) is 0 Å². The van der Waals surface area contributed by atoms with Crippen LogP contribution in [0.2, 0.25) is 0 Å². The van der Waals surface area contributed by atoms with E-state index in [1.807, 2.05) is 48.9 Å². The lowest BCUT2D eigenvalue weighted by molar-refractivity contribution is 1.05. The summed E-state index contributed by atoms with van der Waals surface area (Å²) in [5, 5.41) is 5.80. The van der Waals surface area contributed by atoms with Crippen LogP contribution in [0.15, 0.2) is 237 Å². The maximum absolute atomic E-state index is 5.24. The highest BCUT2D eigenvalue weighted by atomic mass is 15.1. The van der Waals surface area contributed by atoms with Crippen molar-refractivity contribution >= 4 is 65.5 Å². The second-order valence-electron chi connectivity index (χ2n) is 17.5. The first-order chi connectivity index (χ1) is 34.2. The molecule has 0 saturated heterocycles. The van der Waals surface area contributed by atoms with Gasteiger partial charge in [0.2, 0.25) is 0 Å². The van der Waals surface area contributed by atoms with Crippen molar-refractivity contribution in [1.82, 2.24) is 33.6 Å². The molecule has 0 aliphatic carbocycles. The first kappa shape index (κ1) is 38.8. The largest absolute Gasteiger partial charge is 0.308 e. The van der Waals surface area contributed by atoms with Crippen LogP contribution in [0, 0.1) is 0 Å². The Bertz CT molecular complexity index is 4240. The van der Waals surface area contributed by atoms with Crippen LogP contribution in [-0.2, 0) is 0 Å². The molecule has 0 amide bonds. The quantitative estimate of drug-likeness (QED) is 0.160. The van der Waals surface area contributed by atoms with E-state index in [1.165, 1.54) is 10.8 Å². The summed E-state index contributed by atoms with van der Waals surface area (Å²) in [6.45, 7) is 0. The minimum absolute atomic E-state index is 0.687. The number of fused-ring (bicyclic) bond motifs is 9. The van der Waals surface area contributed by atoms with Crippen LogP contribution in [0.3, 0.4) is 0 Å². The number of para-hydroxylation sites is 3. The Labute approximate surface area is 396 Å². The molecule has 0 bridgehead atoms. The second kappa shape index (κ2) is 15.6. The van der Waals surface area contributed by atoms with E-state index in [4.69, 9.17) is 19.9 Å². The van der Waals surface area contributed by atoms with Crippen LogP contribution in [0.4, 0.5) is 0 Å². The Morgan fingerprint density at radius 3 is 1.52 bits per heavy atom. The molecule has 6 heterocycles. The van der Waals surface area contributed by atoms with Crippen molar-refractivity contribution in [2.75, 3.05) is 0 Å². The van der Waals surface area contributed by atoms with E-state index < -0.39 is 0 Å². The summed E-state index contributed by atoms with van der Waals surface area (Å²) in [4.78, 5) is 20.0. The monoisotopic (exact) mass is 881 g/mol. The number of rotatable bonds is 7. The van der Waals surface area contributed by atoms with Gasteiger partial charge in [-0.05, 0) is 95.6 Å². The van der Waals surface area contributed by atoms with E-state index in [0.29, 0.717) is 5.82 Å². The summed E-state index contributed by atoms with van der Waals surface area (Å²) in [6.07, 6.45) is 5.81. The van der Waals surface area contributed by atoms with Gasteiger partial charge in [-0.15, -0.1) is 0 Å². The molecule has 0 unspecified atom stereocenters. The molecule has 8 aromatic carbocycles. The van der Waals surface area contributed by atoms with Gasteiger partial charge < -0.3 is 9.13 Å². The topological polar surface area (TPSA) is 66.3 Å². The average molecular weight is 882 g/mol. The lowest BCUT2D eigenvalue weighted by Gasteiger charge is -2.12. The maximum Gasteiger partial charge on any atom is 0.162 e. The van der Waals surface area contributed by atoms with Crippen LogP contribution in [0.5, 0.6) is 0 Å². The van der Waals surface area contributed by atoms with Crippen molar-refractivity contribution in [2.24, 2.45) is 0 Å². The van der Waals surface area contributed by atoms with Crippen molar-refractivity contribution in [1.29, 1.82) is 0 Å². The molecule has 0 saturated carbocycles. The highest BCUT2D eigenvalue weighted by Gasteiger charge is 2.20. The standard InChI is InChI=1S/C62H39N7/c1-4-15-40(16-5-1)53-37-60(66-62(65-53)41-17-6-2-7-18-41)69-55-24-13-11-22-49(55)51-35-43(27-30-57(51)69)42-26-29-56-50(34-42)48-21-10-12-23-54(48)68(56)47-33-45(38-63-39-47)44-28-31-58-52(36-44)61-59(25-14-32-64-61)67(58)46-19-8-3-9-20-46/h1-39H. The highest BCUT2D eigenvalue weighted by Crippen LogP contribution is 2.40. The molecule has 0 fully saturated rings. The lowest BCUT2D eigenvalue weighted by atomic mass is 10.0. The van der Waals surface area contributed by atoms with E-state index >= 15 is 0 Å². The van der Waals surface area contributed by atoms with E-state index in [2.05, 4.69) is 202 Å². The Morgan fingerprint density at radius 1 is 0.304 bits per heavy atom. The number of hydrogen-bond acceptors (Lipinski definition) is 4. The Hall–Kier alpha value is -9.46. The molecule has 6 aromatic heterocycles. The summed E-state index contributed by atoms with van der Waals surface area (Å²) < 4.78 is 6.92. The molecule has 0 aliphatic heterocycles. The average Bonchev–Trinajstić information content (AvgIpc) is 4.06. The molecule has 14 rings (SSSR count). The van der Waals surface area contributed by atoms with E-state index in [0.717, 1.165) is 111 Å². The Kier molecular flexibility index (Phi) is 8.75. The number of benzene rings is 8. The lowest BCUT2D eigenvalue weighted by Crippen LogP contribution is -2.02. The van der Waals surface area contributed by atoms with Crippen LogP contribution < -0.4 is 0 Å². The van der Waals surface area contributed by atoms with Gasteiger partial charge in [0.05, 0.1) is 56.2 Å². The molecule has 0 atom stereocenters. The predicted molar refractivity (Wildman–Crippen MR) is 282 cm³/mol. The molecular formula is C62H39N7. The van der Waals surface area contributed by atoms with Gasteiger partial charge in [-0.3, -0.25) is 14.5 Å². The Balaban J connectivity index is 0.881. The molecule has 0 aliphatic rings. The first-order valence-electron chi connectivity index (χ1n) is 23.2. The molecule has 69 heavy (non-hydrogen) atoms. The maximum atomic E-state index is 5.24. The second-order valence-corrected chi connectivity index (χ2v) is 17.5. The molecule has 322 valence electrons. The van der Waals surface area contributed by atoms with E-state index in [-0.39, 0.29) is 0 Å². The fourth-order valence-corrected chi connectivity index (χ4v) is 10.4. The third kappa shape index (κ3) is 6.29. The zero-order chi connectivity index (χ0) is 45.4. The zero-order valence-electron chi connectivity index (χ0n) is 37.1. The van der Waals surface area contributed by atoms with Crippen molar-refractivity contribution in [3.8, 4) is 62.1 Å². The van der Waals surface area contributed by atoms with Crippen molar-refractivity contribution in [3.05, 3.63) is 237 Å². The van der Waals surface area contributed by atoms with Crippen molar-refractivity contribution in [3.63, 3.8) is 0 Å². The van der Waals surface area contributed by atoms with Gasteiger partial charge in [-0.1, -0.05) is 133 Å². The molecule has 7 nitrogen and oxygen atoms in total. The number of pyridine rings is 2. The third-order valence-corrected chi connectivity index (χ3v) is 13.6. The number of aromatic nitrogens is 7. The molecule has 0 N–H and O–H groups in total. The van der Waals surface area contributed by atoms with Crippen LogP contribution >= 0.6 is 0 Å². The smallest absolute Gasteiger partial charge is 0.162 e. The molecule has 0 spiro atoms. The van der Waals surface area contributed by atoms with Gasteiger partial charge in [-0.25, -0.2) is 9.97 Å². The predicted octanol–water partition coefficient (Wildman–Crippen LogP) is 15.2. The molecule has 7 heteroatoms. The third-order valence-electron chi connectivity index (χ3n) is 13.6. The van der Waals surface area contributed by atoms with Gasteiger partial charge in [0.25, 0.3) is 0 Å². The summed E-state index contributed by atoms with van der Waals surface area (Å²) in [5.41, 5.74) is 17.0. The minimum Gasteiger partial charge on any atom is -0.308 e. The van der Waals surface area contributed by atoms with Gasteiger partial charge in [0, 0.05) is 67.8 Å². The van der Waals surface area contributed by atoms with Crippen LogP contribution in [0.1, 0.15) is 0 Å². The summed E-state index contributed by atoms with van der Waals surface area (Å²) in [5.74, 6) is 1.51. The fraction of sp³-hybridized carbons (Fsp3) is 0. The number of nitrogens with zero attached hydrogens (tertiary/aromatic N) is 7. The van der Waals surface area contributed by atoms with Gasteiger partial charge in [0.15, 0.2) is 5.82 Å². The van der Waals surface area contributed by atoms with Crippen LogP contribution in [-0.4, -0.2) is 33.6 Å². The van der Waals surface area contributed by atoms with E-state index in [1.54, 1.807) is 0 Å². The minimum atomic E-state index is 0.687. The summed E-state index contributed by atoms with van der Waals surface area (Å²) in [7, 11) is 0. The molecule has 14 aromatic rings. The normalized spacial score (nSPS) is 11.8. The Morgan fingerprint density at radius 2 is 0.826 bits per heavy atom. The first-order valence-corrected chi connectivity index (χ1v) is 23.2. The zero-order valence-corrected chi connectivity index (χ0v) is 37.1. The van der Waals surface area contributed by atoms with E-state index in [9.17, 15) is 0 Å². The summed E-state index contributed by atoms with van der Waals surface area (Å²) in [6, 6.07) is 77.2. The van der Waals surface area contributed by atoms with Crippen LogP contribution in [0.25, 0.3) is 128 Å². The molecular weight excluding hydrogens is 843 g/mol. The SMILES string of the molecule is c1ccc(-c2cc(-n3c4ccccc4c4cc(-c5ccc6c(c5)c5ccccc5n6-c5cncc(-c6ccc7c(c6)c6ncccc6n7-c6ccccc6)c5)ccc43)nc(-c3ccccc3)n2)cc1. The fourth-order valence-electron chi connectivity index (χ4n) is 10.4. The highest BCUT2D eigenvalue weighted by molar-refractivity contribution is 6.13. The van der Waals surface area contributed by atoms with Gasteiger partial charge in [0.1, 0.15) is 5.82 Å². The van der Waals surface area contributed by atoms with Crippen molar-refractivity contribution < 1.29 is 0 Å². The number of hydrogen-bond donors (Lipinski definition) is 0. The van der Waals surface area contributed by atoms with Gasteiger partial charge in [-0.2, -0.15) is 0 Å². The summed E-state index contributed by atoms with van der Waals surface area (Å²) >= 11 is 0.